The molecule has 2 aliphatic rings. The fourth-order valence-electron chi connectivity index (χ4n) is 8.20. The largest absolute Gasteiger partial charge is 0.268 e. The highest BCUT2D eigenvalue weighted by Crippen LogP contribution is 2.56. The van der Waals surface area contributed by atoms with Crippen molar-refractivity contribution in [2.24, 2.45) is 0 Å². The first-order chi connectivity index (χ1) is 24.5. The monoisotopic (exact) mass is 643 g/mol. The van der Waals surface area contributed by atoms with Gasteiger partial charge in [-0.15, -0.1) is 0 Å². The Kier molecular flexibility index (Phi) is 6.96. The third-order valence-electron chi connectivity index (χ3n) is 10.4. The number of hydrogen-bond acceptors (Lipinski definition) is 2. The number of fused-ring (bicyclic) bond motifs is 4. The summed E-state index contributed by atoms with van der Waals surface area (Å²) in [7, 11) is 0. The average molecular weight is 644 g/mol. The molecule has 0 fully saturated rings. The van der Waals surface area contributed by atoms with E-state index in [9.17, 15) is 9.59 Å². The minimum Gasteiger partial charge on any atom is -0.268 e. The summed E-state index contributed by atoms with van der Waals surface area (Å²) in [5.41, 5.74) is 15.7. The first-order valence-corrected chi connectivity index (χ1v) is 17.1. The number of anilines is 1. The zero-order valence-electron chi connectivity index (χ0n) is 27.9. The summed E-state index contributed by atoms with van der Waals surface area (Å²) in [6.45, 7) is 4.30. The van der Waals surface area contributed by atoms with Crippen molar-refractivity contribution in [2.45, 2.75) is 19.8 Å². The molecule has 0 unspecified atom stereocenters. The first kappa shape index (κ1) is 29.8. The van der Waals surface area contributed by atoms with Crippen LogP contribution in [0.5, 0.6) is 0 Å². The number of benzene rings is 7. The highest BCUT2D eigenvalue weighted by molar-refractivity contribution is 6.36. The number of para-hydroxylation sites is 1. The van der Waals surface area contributed by atoms with Crippen LogP contribution in [0.4, 0.5) is 5.69 Å². The summed E-state index contributed by atoms with van der Waals surface area (Å²) < 4.78 is 0. The van der Waals surface area contributed by atoms with E-state index in [2.05, 4.69) is 105 Å². The Hall–Kier alpha value is -6.32. The van der Waals surface area contributed by atoms with Crippen molar-refractivity contribution < 1.29 is 9.59 Å². The molecule has 0 atom stereocenters. The molecule has 0 radical (unpaired) electrons. The number of amides is 2. The number of hydrogen-bond donors (Lipinski definition) is 0. The minimum absolute atomic E-state index is 0.289. The van der Waals surface area contributed by atoms with Gasteiger partial charge in [-0.1, -0.05) is 146 Å². The molecule has 3 heteroatoms. The molecular formula is C47H33NO2. The topological polar surface area (TPSA) is 37.4 Å². The van der Waals surface area contributed by atoms with E-state index in [0.717, 1.165) is 61.2 Å². The zero-order chi connectivity index (χ0) is 33.9. The number of nitrogens with zero attached hydrogens (tertiary/aromatic N) is 1. The minimum atomic E-state index is -0.298. The molecule has 7 aromatic carbocycles. The molecule has 0 N–H and O–H groups in total. The molecule has 1 aliphatic heterocycles. The van der Waals surface area contributed by atoms with E-state index in [1.807, 2.05) is 66.7 Å². The van der Waals surface area contributed by atoms with Crippen molar-refractivity contribution in [3.63, 3.8) is 0 Å². The lowest BCUT2D eigenvalue weighted by Gasteiger charge is -2.23. The molecular weight excluding hydrogens is 611 g/mol. The van der Waals surface area contributed by atoms with Crippen LogP contribution in [-0.4, -0.2) is 11.8 Å². The normalized spacial score (nSPS) is 13.4. The van der Waals surface area contributed by atoms with Gasteiger partial charge in [0, 0.05) is 11.5 Å². The quantitative estimate of drug-likeness (QED) is 0.175. The maximum atomic E-state index is 14.9. The Morgan fingerprint density at radius 2 is 0.840 bits per heavy atom. The van der Waals surface area contributed by atoms with Gasteiger partial charge in [0.25, 0.3) is 11.8 Å². The smallest absolute Gasteiger partial charge is 0.266 e. The third kappa shape index (κ3) is 4.44. The van der Waals surface area contributed by atoms with Crippen molar-refractivity contribution in [3.05, 3.63) is 197 Å². The molecule has 1 heterocycles. The summed E-state index contributed by atoms with van der Waals surface area (Å²) in [6, 6.07) is 53.5. The fraction of sp³-hybridized carbons (Fsp3) is 0.0638. The maximum absolute atomic E-state index is 14.9. The molecule has 50 heavy (non-hydrogen) atoms. The molecule has 0 saturated heterocycles. The Bertz CT molecular complexity index is 2420. The van der Waals surface area contributed by atoms with Gasteiger partial charge in [-0.05, 0) is 92.7 Å². The average Bonchev–Trinajstić information content (AvgIpc) is 3.63. The highest BCUT2D eigenvalue weighted by Gasteiger charge is 2.44. The summed E-state index contributed by atoms with van der Waals surface area (Å²) in [4.78, 5) is 30.7. The summed E-state index contributed by atoms with van der Waals surface area (Å²) in [6.07, 6.45) is 0. The summed E-state index contributed by atoms with van der Waals surface area (Å²) in [5, 5.41) is 0. The molecule has 0 aromatic heterocycles. The molecule has 9 rings (SSSR count). The van der Waals surface area contributed by atoms with Gasteiger partial charge in [0.2, 0.25) is 0 Å². The van der Waals surface area contributed by atoms with E-state index < -0.39 is 0 Å². The Morgan fingerprint density at radius 3 is 1.42 bits per heavy atom. The highest BCUT2D eigenvalue weighted by atomic mass is 16.2. The lowest BCUT2D eigenvalue weighted by molar-refractivity contribution is 0.0926. The lowest BCUT2D eigenvalue weighted by Crippen LogP contribution is -2.30. The second-order valence-corrected chi connectivity index (χ2v) is 13.2. The molecule has 3 nitrogen and oxygen atoms in total. The standard InChI is InChI=1S/C47H33NO2/c1-29-15-6-8-19-32(29)35-22-12-24-37-38-25-13-23-36(33-20-9-7-16-30(33)2)43(38)45(42(35)37)39-26-14-27-40-44(39)47(50)48(46(40)49)41-28-11-10-21-34(41)31-17-4-3-5-18-31/h3-28,45H,1-2H3. The van der Waals surface area contributed by atoms with Crippen LogP contribution >= 0.6 is 0 Å². The fourth-order valence-corrected chi connectivity index (χ4v) is 8.20. The summed E-state index contributed by atoms with van der Waals surface area (Å²) in [5.74, 6) is -0.878. The molecule has 0 spiro atoms. The number of carbonyl (C=O) groups is 2. The Balaban J connectivity index is 1.31. The Morgan fingerprint density at radius 1 is 0.400 bits per heavy atom. The van der Waals surface area contributed by atoms with Crippen LogP contribution < -0.4 is 4.90 Å². The van der Waals surface area contributed by atoms with Crippen LogP contribution in [0.15, 0.2) is 158 Å². The van der Waals surface area contributed by atoms with Crippen molar-refractivity contribution >= 4 is 17.5 Å². The number of aryl methyl sites for hydroxylation is 2. The lowest BCUT2D eigenvalue weighted by atomic mass is 9.79. The van der Waals surface area contributed by atoms with E-state index in [4.69, 9.17) is 0 Å². The van der Waals surface area contributed by atoms with Gasteiger partial charge in [0.15, 0.2) is 0 Å². The summed E-state index contributed by atoms with van der Waals surface area (Å²) >= 11 is 0. The van der Waals surface area contributed by atoms with Crippen molar-refractivity contribution in [3.8, 4) is 44.5 Å². The predicted molar refractivity (Wildman–Crippen MR) is 203 cm³/mol. The second kappa shape index (κ2) is 11.7. The van der Waals surface area contributed by atoms with Crippen LogP contribution in [0.2, 0.25) is 0 Å². The third-order valence-corrected chi connectivity index (χ3v) is 10.4. The molecule has 238 valence electrons. The molecule has 1 aliphatic carbocycles. The number of imide groups is 1. The van der Waals surface area contributed by atoms with E-state index >= 15 is 0 Å². The van der Waals surface area contributed by atoms with Crippen LogP contribution in [-0.2, 0) is 0 Å². The van der Waals surface area contributed by atoms with Crippen LogP contribution in [0.1, 0.15) is 54.5 Å². The van der Waals surface area contributed by atoms with Gasteiger partial charge in [-0.3, -0.25) is 9.59 Å². The SMILES string of the molecule is Cc1ccccc1-c1cccc2c1C(c1cccc3c1C(=O)N(c1ccccc1-c1ccccc1)C3=O)c1c(-c3ccccc3C)cccc1-2. The van der Waals surface area contributed by atoms with Crippen molar-refractivity contribution in [2.75, 3.05) is 4.90 Å². The number of rotatable bonds is 5. The van der Waals surface area contributed by atoms with E-state index in [0.29, 0.717) is 16.8 Å². The number of carbonyl (C=O) groups excluding carboxylic acids is 2. The van der Waals surface area contributed by atoms with Crippen molar-refractivity contribution in [1.82, 2.24) is 0 Å². The van der Waals surface area contributed by atoms with E-state index in [1.54, 1.807) is 0 Å². The van der Waals surface area contributed by atoms with E-state index in [1.165, 1.54) is 16.0 Å². The Labute approximate surface area is 292 Å². The van der Waals surface area contributed by atoms with Gasteiger partial charge in [-0.2, -0.15) is 0 Å². The van der Waals surface area contributed by atoms with Crippen LogP contribution in [0.25, 0.3) is 44.5 Å². The van der Waals surface area contributed by atoms with Gasteiger partial charge in [-0.25, -0.2) is 4.90 Å². The van der Waals surface area contributed by atoms with Crippen LogP contribution in [0.3, 0.4) is 0 Å². The molecule has 0 bridgehead atoms. The van der Waals surface area contributed by atoms with Gasteiger partial charge in [0.05, 0.1) is 16.8 Å². The first-order valence-electron chi connectivity index (χ1n) is 17.1. The van der Waals surface area contributed by atoms with Gasteiger partial charge in [0.1, 0.15) is 0 Å². The molecule has 0 saturated carbocycles. The molecule has 7 aromatic rings. The van der Waals surface area contributed by atoms with Gasteiger partial charge >= 0.3 is 0 Å². The maximum Gasteiger partial charge on any atom is 0.266 e. The van der Waals surface area contributed by atoms with Crippen LogP contribution in [0, 0.1) is 13.8 Å². The second-order valence-electron chi connectivity index (χ2n) is 13.2. The molecule has 2 amide bonds. The predicted octanol–water partition coefficient (Wildman–Crippen LogP) is 11.3. The van der Waals surface area contributed by atoms with Crippen molar-refractivity contribution in [1.29, 1.82) is 0 Å². The van der Waals surface area contributed by atoms with Gasteiger partial charge < -0.3 is 0 Å². The zero-order valence-corrected chi connectivity index (χ0v) is 27.9. The van der Waals surface area contributed by atoms with E-state index in [-0.39, 0.29) is 17.7 Å².